The molecule has 0 saturated carbocycles. The lowest BCUT2D eigenvalue weighted by atomic mass is 9.86. The van der Waals surface area contributed by atoms with E-state index in [4.69, 9.17) is 0 Å². The van der Waals surface area contributed by atoms with Gasteiger partial charge in [0.25, 0.3) is 0 Å². The van der Waals surface area contributed by atoms with Gasteiger partial charge in [-0.25, -0.2) is 0 Å². The van der Waals surface area contributed by atoms with Crippen LogP contribution in [0.2, 0.25) is 0 Å². The predicted molar refractivity (Wildman–Crippen MR) is 85.1 cm³/mol. The summed E-state index contributed by atoms with van der Waals surface area (Å²) < 4.78 is 0. The second-order valence-corrected chi connectivity index (χ2v) is 6.56. The van der Waals surface area contributed by atoms with Gasteiger partial charge in [-0.2, -0.15) is 0 Å². The molecule has 0 saturated heterocycles. The summed E-state index contributed by atoms with van der Waals surface area (Å²) in [4.78, 5) is 0. The molecule has 19 heavy (non-hydrogen) atoms. The van der Waals surface area contributed by atoms with Crippen LogP contribution in [-0.4, -0.2) is 0 Å². The topological polar surface area (TPSA) is 0 Å². The molecule has 0 heterocycles. The van der Waals surface area contributed by atoms with Crippen LogP contribution in [0.15, 0.2) is 44.6 Å². The highest BCUT2D eigenvalue weighted by molar-refractivity contribution is 5.51. The van der Waals surface area contributed by atoms with E-state index < -0.39 is 0 Å². The molecule has 0 spiro atoms. The van der Waals surface area contributed by atoms with Gasteiger partial charge in [-0.1, -0.05) is 29.2 Å². The van der Waals surface area contributed by atoms with Gasteiger partial charge in [0.1, 0.15) is 0 Å². The van der Waals surface area contributed by atoms with Crippen LogP contribution in [0.5, 0.6) is 0 Å². The van der Waals surface area contributed by atoms with Crippen molar-refractivity contribution in [2.45, 2.75) is 61.8 Å². The van der Waals surface area contributed by atoms with E-state index in [9.17, 15) is 0 Å². The zero-order valence-corrected chi connectivity index (χ0v) is 13.9. The van der Waals surface area contributed by atoms with Crippen molar-refractivity contribution < 1.29 is 0 Å². The lowest BCUT2D eigenvalue weighted by Crippen LogP contribution is -2.04. The van der Waals surface area contributed by atoms with E-state index in [0.717, 1.165) is 0 Å². The van der Waals surface area contributed by atoms with Crippen LogP contribution in [-0.2, 0) is 0 Å². The molecule has 0 nitrogen and oxygen atoms in total. The van der Waals surface area contributed by atoms with Crippen LogP contribution in [0, 0.1) is 11.8 Å². The largest absolute Gasteiger partial charge is 0.0632 e. The molecule has 1 unspecified atom stereocenters. The molecule has 1 atom stereocenters. The van der Waals surface area contributed by atoms with Crippen molar-refractivity contribution in [1.29, 1.82) is 0 Å². The summed E-state index contributed by atoms with van der Waals surface area (Å²) in [5, 5.41) is 0. The summed E-state index contributed by atoms with van der Waals surface area (Å²) in [6.07, 6.45) is 1.20. The van der Waals surface area contributed by atoms with Gasteiger partial charge in [0, 0.05) is 5.92 Å². The lowest BCUT2D eigenvalue weighted by molar-refractivity contribution is 0.707. The van der Waals surface area contributed by atoms with Crippen molar-refractivity contribution in [1.82, 2.24) is 0 Å². The molecule has 0 radical (unpaired) electrons. The van der Waals surface area contributed by atoms with Gasteiger partial charge < -0.3 is 0 Å². The summed E-state index contributed by atoms with van der Waals surface area (Å²) in [5.74, 6) is 1.28. The van der Waals surface area contributed by atoms with Crippen molar-refractivity contribution in [2.75, 3.05) is 0 Å². The first-order valence-electron chi connectivity index (χ1n) is 7.49. The van der Waals surface area contributed by atoms with E-state index in [1.165, 1.54) is 17.6 Å². The number of rotatable bonds is 2. The van der Waals surface area contributed by atoms with E-state index >= 15 is 0 Å². The molecule has 104 valence electrons. The highest BCUT2D eigenvalue weighted by atomic mass is 14.3. The Bertz CT molecular complexity index is 523. The van der Waals surface area contributed by atoms with Gasteiger partial charge >= 0.3 is 0 Å². The minimum atomic E-state index is 0.637. The van der Waals surface area contributed by atoms with E-state index in [1.54, 1.807) is 33.4 Å². The first-order chi connectivity index (χ1) is 8.77. The van der Waals surface area contributed by atoms with Gasteiger partial charge in [0.05, 0.1) is 0 Å². The van der Waals surface area contributed by atoms with Crippen LogP contribution in [0.1, 0.15) is 61.8 Å². The standard InChI is InChI=1S/C19H28/c1-10-11(2)15(6)18(14(10)5)9-19-16(7)12(3)13(4)17(19)8/h10,19H,9H2,1-8H3. The van der Waals surface area contributed by atoms with E-state index in [-0.39, 0.29) is 0 Å². The minimum absolute atomic E-state index is 0.637. The second-order valence-electron chi connectivity index (χ2n) is 6.56. The SMILES string of the molecule is CC1=C(C)C(C)C(C)=C1CC1C(C)=C(C)C(C)=C1C. The first kappa shape index (κ1) is 14.4. The van der Waals surface area contributed by atoms with E-state index in [0.29, 0.717) is 11.8 Å². The number of hydrogen-bond donors (Lipinski definition) is 0. The predicted octanol–water partition coefficient (Wildman–Crippen LogP) is 5.98. The molecule has 0 aliphatic heterocycles. The van der Waals surface area contributed by atoms with Crippen LogP contribution >= 0.6 is 0 Å². The number of hydrogen-bond acceptors (Lipinski definition) is 0. The molecule has 0 bridgehead atoms. The summed E-state index contributed by atoms with van der Waals surface area (Å²) in [5.41, 5.74) is 12.5. The Balaban J connectivity index is 2.35. The number of allylic oxidation sites excluding steroid dienone is 8. The van der Waals surface area contributed by atoms with Crippen molar-refractivity contribution >= 4 is 0 Å². The van der Waals surface area contributed by atoms with Gasteiger partial charge in [-0.05, 0) is 83.1 Å². The van der Waals surface area contributed by atoms with Gasteiger partial charge in [0.15, 0.2) is 0 Å². The highest BCUT2D eigenvalue weighted by Crippen LogP contribution is 2.45. The van der Waals surface area contributed by atoms with Crippen molar-refractivity contribution in [2.24, 2.45) is 11.8 Å². The zero-order valence-electron chi connectivity index (χ0n) is 13.9. The molecule has 2 rings (SSSR count). The zero-order chi connectivity index (χ0) is 14.5. The molecule has 0 aromatic carbocycles. The molecule has 2 aliphatic rings. The fourth-order valence-electron chi connectivity index (χ4n) is 3.71. The maximum Gasteiger partial charge on any atom is 0.00535 e. The molecular formula is C19H28. The lowest BCUT2D eigenvalue weighted by Gasteiger charge is -2.18. The van der Waals surface area contributed by atoms with Crippen LogP contribution in [0.3, 0.4) is 0 Å². The molecular weight excluding hydrogens is 228 g/mol. The third kappa shape index (κ3) is 2.06. The van der Waals surface area contributed by atoms with E-state index in [2.05, 4.69) is 55.4 Å². The molecule has 0 amide bonds. The average molecular weight is 256 g/mol. The van der Waals surface area contributed by atoms with Gasteiger partial charge in [-0.3, -0.25) is 0 Å². The molecule has 0 aromatic heterocycles. The van der Waals surface area contributed by atoms with Gasteiger partial charge in [0.2, 0.25) is 0 Å². The Kier molecular flexibility index (Phi) is 3.64. The fraction of sp³-hybridized carbons (Fsp3) is 0.579. The molecule has 0 fully saturated rings. The first-order valence-corrected chi connectivity index (χ1v) is 7.49. The summed E-state index contributed by atoms with van der Waals surface area (Å²) >= 11 is 0. The molecule has 0 heteroatoms. The maximum absolute atomic E-state index is 2.34. The Labute approximate surface area is 119 Å². The van der Waals surface area contributed by atoms with Crippen LogP contribution in [0.4, 0.5) is 0 Å². The van der Waals surface area contributed by atoms with E-state index in [1.807, 2.05) is 0 Å². The maximum atomic E-state index is 2.34. The second kappa shape index (κ2) is 4.81. The summed E-state index contributed by atoms with van der Waals surface area (Å²) in [6.45, 7) is 18.5. The quantitative estimate of drug-likeness (QED) is 0.570. The Morgan fingerprint density at radius 3 is 1.47 bits per heavy atom. The molecule has 0 N–H and O–H groups in total. The minimum Gasteiger partial charge on any atom is -0.0632 e. The average Bonchev–Trinajstić information content (AvgIpc) is 2.68. The van der Waals surface area contributed by atoms with Crippen molar-refractivity contribution in [3.05, 3.63) is 44.6 Å². The Morgan fingerprint density at radius 1 is 0.632 bits per heavy atom. The van der Waals surface area contributed by atoms with Crippen molar-refractivity contribution in [3.63, 3.8) is 0 Å². The highest BCUT2D eigenvalue weighted by Gasteiger charge is 2.29. The Hall–Kier alpha value is -1.04. The summed E-state index contributed by atoms with van der Waals surface area (Å²) in [6, 6.07) is 0. The van der Waals surface area contributed by atoms with Gasteiger partial charge in [-0.15, -0.1) is 0 Å². The molecule has 0 aromatic rings. The fourth-order valence-corrected chi connectivity index (χ4v) is 3.71. The normalized spacial score (nSPS) is 25.6. The third-order valence-corrected chi connectivity index (χ3v) is 6.02. The van der Waals surface area contributed by atoms with Crippen LogP contribution in [0.25, 0.3) is 0 Å². The summed E-state index contributed by atoms with van der Waals surface area (Å²) in [7, 11) is 0. The smallest absolute Gasteiger partial charge is 0.00535 e. The van der Waals surface area contributed by atoms with Crippen LogP contribution < -0.4 is 0 Å². The third-order valence-electron chi connectivity index (χ3n) is 6.02. The van der Waals surface area contributed by atoms with Crippen molar-refractivity contribution in [3.8, 4) is 0 Å². The Morgan fingerprint density at radius 2 is 1.11 bits per heavy atom. The molecule has 2 aliphatic carbocycles. The monoisotopic (exact) mass is 256 g/mol.